The quantitative estimate of drug-likeness (QED) is 0.760. The van der Waals surface area contributed by atoms with Gasteiger partial charge in [0.2, 0.25) is 0 Å². The van der Waals surface area contributed by atoms with Crippen molar-refractivity contribution in [1.29, 1.82) is 0 Å². The van der Waals surface area contributed by atoms with E-state index in [4.69, 9.17) is 11.6 Å². The van der Waals surface area contributed by atoms with Crippen molar-refractivity contribution in [2.24, 2.45) is 0 Å². The first-order valence-corrected chi connectivity index (χ1v) is 8.12. The lowest BCUT2D eigenvalue weighted by atomic mass is 10.1. The van der Waals surface area contributed by atoms with Gasteiger partial charge < -0.3 is 10.2 Å². The van der Waals surface area contributed by atoms with Crippen molar-refractivity contribution in [3.63, 3.8) is 0 Å². The van der Waals surface area contributed by atoms with E-state index in [-0.39, 0.29) is 18.0 Å². The maximum absolute atomic E-state index is 10.8. The van der Waals surface area contributed by atoms with Gasteiger partial charge in [-0.25, -0.2) is 4.98 Å². The van der Waals surface area contributed by atoms with Gasteiger partial charge in [-0.3, -0.25) is 9.55 Å². The van der Waals surface area contributed by atoms with Crippen LogP contribution < -0.4 is 0 Å². The van der Waals surface area contributed by atoms with Gasteiger partial charge in [0.15, 0.2) is 5.88 Å². The van der Waals surface area contributed by atoms with E-state index in [1.165, 1.54) is 0 Å². The monoisotopic (exact) mass is 345 g/mol. The van der Waals surface area contributed by atoms with E-state index in [0.717, 1.165) is 16.6 Å². The zero-order valence-corrected chi connectivity index (χ0v) is 14.7. The van der Waals surface area contributed by atoms with Crippen LogP contribution in [-0.2, 0) is 18.6 Å². The summed E-state index contributed by atoms with van der Waals surface area (Å²) in [4.78, 5) is 8.77. The van der Waals surface area contributed by atoms with Crippen molar-refractivity contribution in [2.45, 2.75) is 39.3 Å². The molecule has 6 heteroatoms. The Balaban J connectivity index is 2.19. The minimum Gasteiger partial charge on any atom is -0.494 e. The van der Waals surface area contributed by atoms with Crippen LogP contribution in [0.25, 0.3) is 11.0 Å². The third kappa shape index (κ3) is 2.85. The standard InChI is InChI=1S/C18H20ClN3O2/c1-18(2,3)22-16-13(5-4-6-20-16)14(17(22)24)8-15-11(10-23)7-12(19)9-21-15/h4-7,9,23-24H,8,10H2,1-3H3. The Bertz CT molecular complexity index is 897. The highest BCUT2D eigenvalue weighted by Crippen LogP contribution is 2.36. The third-order valence-corrected chi connectivity index (χ3v) is 4.22. The van der Waals surface area contributed by atoms with Crippen LogP contribution in [0.4, 0.5) is 0 Å². The fourth-order valence-corrected chi connectivity index (χ4v) is 3.13. The van der Waals surface area contributed by atoms with E-state index < -0.39 is 0 Å². The van der Waals surface area contributed by atoms with Gasteiger partial charge in [-0.15, -0.1) is 0 Å². The van der Waals surface area contributed by atoms with Crippen LogP contribution in [0.1, 0.15) is 37.6 Å². The van der Waals surface area contributed by atoms with Crippen LogP contribution in [-0.4, -0.2) is 24.7 Å². The van der Waals surface area contributed by atoms with E-state index >= 15 is 0 Å². The Hall–Kier alpha value is -2.11. The Kier molecular flexibility index (Phi) is 4.24. The molecule has 0 saturated carbocycles. The fraction of sp³-hybridized carbons (Fsp3) is 0.333. The number of nitrogens with zero attached hydrogens (tertiary/aromatic N) is 3. The molecule has 2 N–H and O–H groups in total. The van der Waals surface area contributed by atoms with Crippen LogP contribution in [0.15, 0.2) is 30.6 Å². The number of halogens is 1. The molecular formula is C18H20ClN3O2. The molecule has 0 fully saturated rings. The van der Waals surface area contributed by atoms with Crippen LogP contribution >= 0.6 is 11.6 Å². The van der Waals surface area contributed by atoms with Crippen LogP contribution in [0.2, 0.25) is 5.02 Å². The zero-order valence-electron chi connectivity index (χ0n) is 13.9. The summed E-state index contributed by atoms with van der Waals surface area (Å²) in [6.45, 7) is 5.90. The lowest BCUT2D eigenvalue weighted by Gasteiger charge is -2.23. The predicted molar refractivity (Wildman–Crippen MR) is 94.4 cm³/mol. The second kappa shape index (κ2) is 6.07. The maximum Gasteiger partial charge on any atom is 0.197 e. The molecule has 3 aromatic rings. The van der Waals surface area contributed by atoms with Gasteiger partial charge in [-0.2, -0.15) is 0 Å². The number of hydrogen-bond acceptors (Lipinski definition) is 4. The van der Waals surface area contributed by atoms with Gasteiger partial charge in [0.25, 0.3) is 0 Å². The summed E-state index contributed by atoms with van der Waals surface area (Å²) in [6, 6.07) is 5.48. The smallest absolute Gasteiger partial charge is 0.197 e. The van der Waals surface area contributed by atoms with Gasteiger partial charge in [-0.05, 0) is 39.0 Å². The molecule has 3 rings (SSSR count). The van der Waals surface area contributed by atoms with Crippen LogP contribution in [0, 0.1) is 0 Å². The van der Waals surface area contributed by atoms with Crippen LogP contribution in [0.3, 0.4) is 0 Å². The van der Waals surface area contributed by atoms with Gasteiger partial charge >= 0.3 is 0 Å². The molecule has 0 bridgehead atoms. The molecule has 0 aliphatic heterocycles. The highest BCUT2D eigenvalue weighted by Gasteiger charge is 2.25. The van der Waals surface area contributed by atoms with Crippen molar-refractivity contribution >= 4 is 22.6 Å². The molecule has 0 aliphatic rings. The number of aromatic nitrogens is 3. The van der Waals surface area contributed by atoms with E-state index in [1.54, 1.807) is 18.5 Å². The highest BCUT2D eigenvalue weighted by molar-refractivity contribution is 6.30. The number of fused-ring (bicyclic) bond motifs is 1. The average molecular weight is 346 g/mol. The largest absolute Gasteiger partial charge is 0.494 e. The number of pyridine rings is 2. The van der Waals surface area contributed by atoms with E-state index in [1.807, 2.05) is 37.5 Å². The van der Waals surface area contributed by atoms with E-state index in [0.29, 0.717) is 22.7 Å². The lowest BCUT2D eigenvalue weighted by molar-refractivity contribution is 0.280. The third-order valence-electron chi connectivity index (χ3n) is 4.02. The predicted octanol–water partition coefficient (Wildman–Crippen LogP) is 3.63. The summed E-state index contributed by atoms with van der Waals surface area (Å²) in [7, 11) is 0. The second-order valence-corrected chi connectivity index (χ2v) is 7.21. The molecule has 126 valence electrons. The number of rotatable bonds is 3. The number of hydrogen-bond donors (Lipinski definition) is 2. The SMILES string of the molecule is CC(C)(C)n1c(O)c(Cc2ncc(Cl)cc2CO)c2cccnc21. The Morgan fingerprint density at radius 2 is 2.00 bits per heavy atom. The van der Waals surface area contributed by atoms with Crippen molar-refractivity contribution < 1.29 is 10.2 Å². The highest BCUT2D eigenvalue weighted by atomic mass is 35.5. The Labute approximate surface area is 145 Å². The van der Waals surface area contributed by atoms with Gasteiger partial charge in [0, 0.05) is 40.9 Å². The molecule has 0 atom stereocenters. The molecule has 3 heterocycles. The molecule has 3 aromatic heterocycles. The summed E-state index contributed by atoms with van der Waals surface area (Å²) < 4.78 is 1.83. The minimum absolute atomic E-state index is 0.153. The van der Waals surface area contributed by atoms with Gasteiger partial charge in [0.05, 0.1) is 17.3 Å². The van der Waals surface area contributed by atoms with Crippen molar-refractivity contribution in [3.8, 4) is 5.88 Å². The molecule has 5 nitrogen and oxygen atoms in total. The van der Waals surface area contributed by atoms with E-state index in [9.17, 15) is 10.2 Å². The van der Waals surface area contributed by atoms with Crippen molar-refractivity contribution in [3.05, 3.63) is 52.4 Å². The van der Waals surface area contributed by atoms with Crippen molar-refractivity contribution in [2.75, 3.05) is 0 Å². The van der Waals surface area contributed by atoms with Crippen LogP contribution in [0.5, 0.6) is 5.88 Å². The molecule has 0 amide bonds. The summed E-state index contributed by atoms with van der Waals surface area (Å²) in [5.74, 6) is 0.178. The molecule has 0 unspecified atom stereocenters. The summed E-state index contributed by atoms with van der Waals surface area (Å²) in [5.41, 5.74) is 2.51. The summed E-state index contributed by atoms with van der Waals surface area (Å²) >= 11 is 5.95. The Morgan fingerprint density at radius 1 is 1.25 bits per heavy atom. The van der Waals surface area contributed by atoms with Gasteiger partial charge in [-0.1, -0.05) is 11.6 Å². The normalized spacial score (nSPS) is 12.0. The molecular weight excluding hydrogens is 326 g/mol. The first-order valence-electron chi connectivity index (χ1n) is 7.75. The number of aliphatic hydroxyl groups excluding tert-OH is 1. The Morgan fingerprint density at radius 3 is 2.67 bits per heavy atom. The van der Waals surface area contributed by atoms with E-state index in [2.05, 4.69) is 9.97 Å². The second-order valence-electron chi connectivity index (χ2n) is 6.78. The molecule has 0 aliphatic carbocycles. The minimum atomic E-state index is -0.317. The first kappa shape index (κ1) is 16.7. The first-order chi connectivity index (χ1) is 11.3. The molecule has 24 heavy (non-hydrogen) atoms. The molecule has 0 aromatic carbocycles. The summed E-state index contributed by atoms with van der Waals surface area (Å²) in [5, 5.41) is 21.8. The number of aromatic hydroxyl groups is 1. The zero-order chi connectivity index (χ0) is 17.5. The molecule has 0 saturated heterocycles. The maximum atomic E-state index is 10.8. The number of aliphatic hydroxyl groups is 1. The van der Waals surface area contributed by atoms with Crippen molar-refractivity contribution in [1.82, 2.24) is 14.5 Å². The fourth-order valence-electron chi connectivity index (χ4n) is 2.95. The lowest BCUT2D eigenvalue weighted by Crippen LogP contribution is -2.21. The van der Waals surface area contributed by atoms with Gasteiger partial charge in [0.1, 0.15) is 5.65 Å². The topological polar surface area (TPSA) is 71.2 Å². The molecule has 0 radical (unpaired) electrons. The summed E-state index contributed by atoms with van der Waals surface area (Å²) in [6.07, 6.45) is 3.66. The average Bonchev–Trinajstić information content (AvgIpc) is 2.81. The molecule has 0 spiro atoms.